The van der Waals surface area contributed by atoms with E-state index in [9.17, 15) is 13.2 Å². The van der Waals surface area contributed by atoms with Gasteiger partial charge >= 0.3 is 6.18 Å². The van der Waals surface area contributed by atoms with E-state index >= 15 is 0 Å². The lowest BCUT2D eigenvalue weighted by molar-refractivity contribution is -0.344. The Balaban J connectivity index is 1.84. The molecule has 0 radical (unpaired) electrons. The first kappa shape index (κ1) is 15.6. The normalized spacial score (nSPS) is 11.7. The van der Waals surface area contributed by atoms with E-state index in [1.807, 2.05) is 12.1 Å². The van der Waals surface area contributed by atoms with E-state index in [0.29, 0.717) is 17.1 Å². The Hall–Kier alpha value is -2.27. The Labute approximate surface area is 135 Å². The van der Waals surface area contributed by atoms with E-state index in [0.717, 1.165) is 28.7 Å². The standard InChI is InChI=1S/C17H12ClF3N2/c18-13-4-5-14-15(6-7-22-16(14)9-13)23-10-11-2-1-3-12(8-11)17(19,20)21/h1-9H,10H2,(H,22,23)/p+1. The number of aromatic amines is 1. The maximum Gasteiger partial charge on any atom is 0.416 e. The highest BCUT2D eigenvalue weighted by Gasteiger charge is 2.30. The van der Waals surface area contributed by atoms with E-state index in [-0.39, 0.29) is 0 Å². The molecule has 6 heteroatoms. The second kappa shape index (κ2) is 6.08. The number of anilines is 1. The van der Waals surface area contributed by atoms with Crippen LogP contribution in [-0.2, 0) is 12.7 Å². The quantitative estimate of drug-likeness (QED) is 0.720. The van der Waals surface area contributed by atoms with Crippen LogP contribution in [0.15, 0.2) is 54.7 Å². The fourth-order valence-corrected chi connectivity index (χ4v) is 2.56. The van der Waals surface area contributed by atoms with Crippen molar-refractivity contribution in [3.05, 3.63) is 70.9 Å². The largest absolute Gasteiger partial charge is 0.416 e. The van der Waals surface area contributed by atoms with E-state index in [2.05, 4.69) is 10.3 Å². The Morgan fingerprint density at radius 2 is 1.87 bits per heavy atom. The Morgan fingerprint density at radius 3 is 2.65 bits per heavy atom. The van der Waals surface area contributed by atoms with Crippen LogP contribution in [0.25, 0.3) is 10.9 Å². The molecule has 118 valence electrons. The number of hydrogen-bond acceptors (Lipinski definition) is 1. The zero-order valence-electron chi connectivity index (χ0n) is 11.9. The summed E-state index contributed by atoms with van der Waals surface area (Å²) in [6.07, 6.45) is -2.58. The number of aromatic nitrogens is 1. The van der Waals surface area contributed by atoms with Crippen molar-refractivity contribution in [3.8, 4) is 0 Å². The molecule has 2 N–H and O–H groups in total. The average molecular weight is 338 g/mol. The second-order valence-electron chi connectivity index (χ2n) is 5.13. The highest BCUT2D eigenvalue weighted by atomic mass is 35.5. The maximum absolute atomic E-state index is 12.7. The molecule has 0 unspecified atom stereocenters. The molecule has 2 nitrogen and oxygen atoms in total. The second-order valence-corrected chi connectivity index (χ2v) is 5.57. The molecule has 0 saturated heterocycles. The van der Waals surface area contributed by atoms with Crippen molar-refractivity contribution >= 4 is 28.2 Å². The van der Waals surface area contributed by atoms with Crippen LogP contribution < -0.4 is 10.3 Å². The summed E-state index contributed by atoms with van der Waals surface area (Å²) < 4.78 is 38.2. The maximum atomic E-state index is 12.7. The first-order valence-electron chi connectivity index (χ1n) is 6.93. The fourth-order valence-electron chi connectivity index (χ4n) is 2.38. The third-order valence-electron chi connectivity index (χ3n) is 3.50. The lowest BCUT2D eigenvalue weighted by atomic mass is 10.1. The summed E-state index contributed by atoms with van der Waals surface area (Å²) in [4.78, 5) is 3.09. The summed E-state index contributed by atoms with van der Waals surface area (Å²) in [7, 11) is 0. The smallest absolute Gasteiger partial charge is 0.380 e. The van der Waals surface area contributed by atoms with E-state index in [1.54, 1.807) is 24.4 Å². The third-order valence-corrected chi connectivity index (χ3v) is 3.73. The number of rotatable bonds is 3. The molecule has 1 heterocycles. The molecule has 0 spiro atoms. The zero-order valence-corrected chi connectivity index (χ0v) is 12.7. The topological polar surface area (TPSA) is 26.2 Å². The number of alkyl halides is 3. The molecule has 0 aliphatic rings. The van der Waals surface area contributed by atoms with Gasteiger partial charge in [0, 0.05) is 23.7 Å². The van der Waals surface area contributed by atoms with Gasteiger partial charge < -0.3 is 5.32 Å². The lowest BCUT2D eigenvalue weighted by Crippen LogP contribution is -2.08. The van der Waals surface area contributed by atoms with Crippen molar-refractivity contribution in [2.45, 2.75) is 12.7 Å². The van der Waals surface area contributed by atoms with Crippen LogP contribution in [-0.4, -0.2) is 0 Å². The molecule has 0 aliphatic heterocycles. The number of nitrogens with one attached hydrogen (secondary N) is 2. The van der Waals surface area contributed by atoms with Crippen LogP contribution in [0.4, 0.5) is 18.9 Å². The third kappa shape index (κ3) is 3.56. The minimum Gasteiger partial charge on any atom is -0.380 e. The Bertz CT molecular complexity index is 847. The van der Waals surface area contributed by atoms with Gasteiger partial charge in [0.25, 0.3) is 0 Å². The van der Waals surface area contributed by atoms with Gasteiger partial charge in [0.2, 0.25) is 5.52 Å². The van der Waals surface area contributed by atoms with Crippen molar-refractivity contribution in [2.75, 3.05) is 5.32 Å². The first-order chi connectivity index (χ1) is 10.9. The zero-order chi connectivity index (χ0) is 16.4. The van der Waals surface area contributed by atoms with E-state index in [1.165, 1.54) is 6.07 Å². The number of halogens is 4. The van der Waals surface area contributed by atoms with Gasteiger partial charge in [-0.25, -0.2) is 4.98 Å². The summed E-state index contributed by atoms with van der Waals surface area (Å²) in [6.45, 7) is 0.297. The van der Waals surface area contributed by atoms with Crippen molar-refractivity contribution in [2.24, 2.45) is 0 Å². The van der Waals surface area contributed by atoms with Gasteiger partial charge in [-0.1, -0.05) is 23.7 Å². The van der Waals surface area contributed by atoms with E-state index < -0.39 is 11.7 Å². The van der Waals surface area contributed by atoms with E-state index in [4.69, 9.17) is 11.6 Å². The van der Waals surface area contributed by atoms with Crippen molar-refractivity contribution in [1.82, 2.24) is 0 Å². The van der Waals surface area contributed by atoms with Gasteiger partial charge in [-0.3, -0.25) is 0 Å². The molecule has 0 saturated carbocycles. The minimum absolute atomic E-state index is 0.297. The average Bonchev–Trinajstić information content (AvgIpc) is 2.52. The Kier molecular flexibility index (Phi) is 4.13. The molecule has 2 aromatic carbocycles. The Morgan fingerprint density at radius 1 is 1.04 bits per heavy atom. The molecule has 0 amide bonds. The van der Waals surface area contributed by atoms with Gasteiger partial charge in [-0.2, -0.15) is 13.2 Å². The SMILES string of the molecule is FC(F)(F)c1cccc(CNc2cc[nH+]c3cc(Cl)ccc23)c1. The summed E-state index contributed by atoms with van der Waals surface area (Å²) >= 11 is 5.96. The van der Waals surface area contributed by atoms with Gasteiger partial charge in [0.05, 0.1) is 16.6 Å². The van der Waals surface area contributed by atoms with Gasteiger partial charge in [-0.05, 0) is 29.8 Å². The predicted molar refractivity (Wildman–Crippen MR) is 84.3 cm³/mol. The van der Waals surface area contributed by atoms with Crippen molar-refractivity contribution in [1.29, 1.82) is 0 Å². The molecule has 3 aromatic rings. The molecule has 0 fully saturated rings. The number of fused-ring (bicyclic) bond motifs is 1. The number of benzene rings is 2. The number of H-pyrrole nitrogens is 1. The van der Waals surface area contributed by atoms with Crippen LogP contribution in [0.1, 0.15) is 11.1 Å². The summed E-state index contributed by atoms with van der Waals surface area (Å²) in [6, 6.07) is 12.6. The van der Waals surface area contributed by atoms with Crippen molar-refractivity contribution in [3.63, 3.8) is 0 Å². The van der Waals surface area contributed by atoms with Crippen LogP contribution in [0, 0.1) is 0 Å². The monoisotopic (exact) mass is 337 g/mol. The first-order valence-corrected chi connectivity index (χ1v) is 7.31. The predicted octanol–water partition coefficient (Wildman–Crippen LogP) is 4.94. The molecule has 0 aliphatic carbocycles. The minimum atomic E-state index is -4.33. The molecule has 0 bridgehead atoms. The molecule has 1 aromatic heterocycles. The summed E-state index contributed by atoms with van der Waals surface area (Å²) in [5, 5.41) is 4.71. The lowest BCUT2D eigenvalue weighted by Gasteiger charge is -2.11. The van der Waals surface area contributed by atoms with Crippen molar-refractivity contribution < 1.29 is 18.2 Å². The summed E-state index contributed by atoms with van der Waals surface area (Å²) in [5.41, 5.74) is 1.60. The summed E-state index contributed by atoms with van der Waals surface area (Å²) in [5.74, 6) is 0. The van der Waals surface area contributed by atoms with Gasteiger partial charge in [-0.15, -0.1) is 0 Å². The van der Waals surface area contributed by atoms with Crippen LogP contribution >= 0.6 is 11.6 Å². The fraction of sp³-hybridized carbons (Fsp3) is 0.118. The molecular weight excluding hydrogens is 325 g/mol. The number of hydrogen-bond donors (Lipinski definition) is 1. The highest BCUT2D eigenvalue weighted by molar-refractivity contribution is 6.31. The molecule has 23 heavy (non-hydrogen) atoms. The molecule has 3 rings (SSSR count). The van der Waals surface area contributed by atoms with Crippen LogP contribution in [0.2, 0.25) is 5.02 Å². The number of pyridine rings is 1. The van der Waals surface area contributed by atoms with Gasteiger partial charge in [0.1, 0.15) is 0 Å². The van der Waals surface area contributed by atoms with Crippen LogP contribution in [0.3, 0.4) is 0 Å². The molecule has 0 atom stereocenters. The van der Waals surface area contributed by atoms with Gasteiger partial charge in [0.15, 0.2) is 6.20 Å². The molecular formula is C17H13ClF3N2+. The van der Waals surface area contributed by atoms with Crippen LogP contribution in [0.5, 0.6) is 0 Å². The highest BCUT2D eigenvalue weighted by Crippen LogP contribution is 2.30.